The van der Waals surface area contributed by atoms with Crippen molar-refractivity contribution in [1.29, 1.82) is 0 Å². The SMILES string of the molecule is CC(=O)Nc1ccc(NC(=O)[C@@H](C)OC(=O)c2ccc[nH]2)cc1. The molecule has 23 heavy (non-hydrogen) atoms. The van der Waals surface area contributed by atoms with Crippen LogP contribution in [0.3, 0.4) is 0 Å². The Labute approximate surface area is 133 Å². The van der Waals surface area contributed by atoms with Gasteiger partial charge in [0.1, 0.15) is 5.69 Å². The van der Waals surface area contributed by atoms with Crippen molar-refractivity contribution in [3.8, 4) is 0 Å². The summed E-state index contributed by atoms with van der Waals surface area (Å²) in [5.41, 5.74) is 1.44. The minimum Gasteiger partial charge on any atom is -0.448 e. The van der Waals surface area contributed by atoms with E-state index in [1.54, 1.807) is 42.6 Å². The molecule has 0 saturated heterocycles. The lowest BCUT2D eigenvalue weighted by molar-refractivity contribution is -0.123. The molecule has 7 heteroatoms. The monoisotopic (exact) mass is 315 g/mol. The first-order chi connectivity index (χ1) is 11.0. The predicted molar refractivity (Wildman–Crippen MR) is 85.0 cm³/mol. The maximum absolute atomic E-state index is 12.0. The second kappa shape index (κ2) is 7.26. The van der Waals surface area contributed by atoms with Crippen molar-refractivity contribution in [2.75, 3.05) is 10.6 Å². The van der Waals surface area contributed by atoms with Gasteiger partial charge in [-0.2, -0.15) is 0 Å². The maximum atomic E-state index is 12.0. The molecular weight excluding hydrogens is 298 g/mol. The molecule has 0 spiro atoms. The van der Waals surface area contributed by atoms with Crippen LogP contribution in [0.25, 0.3) is 0 Å². The summed E-state index contributed by atoms with van der Waals surface area (Å²) in [6.45, 7) is 2.90. The van der Waals surface area contributed by atoms with Crippen molar-refractivity contribution in [2.24, 2.45) is 0 Å². The summed E-state index contributed by atoms with van der Waals surface area (Å²) in [6.07, 6.45) is 0.652. The molecule has 0 fully saturated rings. The van der Waals surface area contributed by atoms with Crippen LogP contribution in [0.15, 0.2) is 42.6 Å². The van der Waals surface area contributed by atoms with E-state index in [1.165, 1.54) is 13.8 Å². The number of carbonyl (C=O) groups excluding carboxylic acids is 3. The normalized spacial score (nSPS) is 11.4. The highest BCUT2D eigenvalue weighted by molar-refractivity contribution is 5.97. The Hall–Kier alpha value is -3.09. The Morgan fingerprint density at radius 1 is 1.04 bits per heavy atom. The van der Waals surface area contributed by atoms with Crippen molar-refractivity contribution in [3.63, 3.8) is 0 Å². The molecule has 3 N–H and O–H groups in total. The van der Waals surface area contributed by atoms with E-state index in [0.29, 0.717) is 11.4 Å². The Morgan fingerprint density at radius 2 is 1.65 bits per heavy atom. The van der Waals surface area contributed by atoms with Crippen LogP contribution in [-0.2, 0) is 14.3 Å². The number of rotatable bonds is 5. The van der Waals surface area contributed by atoms with E-state index in [2.05, 4.69) is 15.6 Å². The third kappa shape index (κ3) is 4.70. The predicted octanol–water partition coefficient (Wildman–Crippen LogP) is 2.16. The number of amides is 2. The quantitative estimate of drug-likeness (QED) is 0.736. The number of ether oxygens (including phenoxy) is 1. The van der Waals surface area contributed by atoms with Crippen LogP contribution in [0.5, 0.6) is 0 Å². The number of nitrogens with one attached hydrogen (secondary N) is 3. The lowest BCUT2D eigenvalue weighted by Gasteiger charge is -2.13. The van der Waals surface area contributed by atoms with E-state index in [4.69, 9.17) is 4.74 Å². The molecule has 1 aromatic carbocycles. The topological polar surface area (TPSA) is 100 Å². The first kappa shape index (κ1) is 16.3. The molecule has 2 amide bonds. The number of carbonyl (C=O) groups is 3. The van der Waals surface area contributed by atoms with Gasteiger partial charge in [0.2, 0.25) is 5.91 Å². The van der Waals surface area contributed by atoms with Crippen LogP contribution in [0.4, 0.5) is 11.4 Å². The molecule has 0 aliphatic rings. The van der Waals surface area contributed by atoms with Crippen LogP contribution in [0, 0.1) is 0 Å². The maximum Gasteiger partial charge on any atom is 0.355 e. The molecule has 7 nitrogen and oxygen atoms in total. The van der Waals surface area contributed by atoms with Gasteiger partial charge in [0, 0.05) is 24.5 Å². The van der Waals surface area contributed by atoms with Gasteiger partial charge in [-0.3, -0.25) is 9.59 Å². The smallest absolute Gasteiger partial charge is 0.355 e. The number of H-pyrrole nitrogens is 1. The summed E-state index contributed by atoms with van der Waals surface area (Å²) in [4.78, 5) is 37.4. The Bertz CT molecular complexity index is 693. The second-order valence-corrected chi connectivity index (χ2v) is 4.88. The summed E-state index contributed by atoms with van der Waals surface area (Å²) in [5, 5.41) is 5.26. The zero-order chi connectivity index (χ0) is 16.8. The molecule has 0 radical (unpaired) electrons. The van der Waals surface area contributed by atoms with E-state index < -0.39 is 18.0 Å². The van der Waals surface area contributed by atoms with Gasteiger partial charge in [-0.05, 0) is 43.3 Å². The lowest BCUT2D eigenvalue weighted by atomic mass is 10.2. The van der Waals surface area contributed by atoms with Gasteiger partial charge in [0.05, 0.1) is 0 Å². The highest BCUT2D eigenvalue weighted by Crippen LogP contribution is 2.14. The number of aromatic nitrogens is 1. The van der Waals surface area contributed by atoms with Gasteiger partial charge < -0.3 is 20.4 Å². The molecular formula is C16H17N3O4. The van der Waals surface area contributed by atoms with E-state index in [9.17, 15) is 14.4 Å². The van der Waals surface area contributed by atoms with Gasteiger partial charge >= 0.3 is 5.97 Å². The van der Waals surface area contributed by atoms with Gasteiger partial charge in [-0.15, -0.1) is 0 Å². The average molecular weight is 315 g/mol. The minimum absolute atomic E-state index is 0.174. The molecule has 0 aliphatic carbocycles. The zero-order valence-corrected chi connectivity index (χ0v) is 12.8. The summed E-state index contributed by atoms with van der Waals surface area (Å²) < 4.78 is 5.07. The standard InChI is InChI=1S/C16H17N3O4/c1-10(23-16(22)14-4-3-9-17-14)15(21)19-13-7-5-12(6-8-13)18-11(2)20/h3-10,17H,1-2H3,(H,18,20)(H,19,21)/t10-/m1/s1. The first-order valence-corrected chi connectivity index (χ1v) is 6.98. The Balaban J connectivity index is 1.90. The number of aromatic amines is 1. The molecule has 1 heterocycles. The average Bonchev–Trinajstić information content (AvgIpc) is 3.03. The summed E-state index contributed by atoms with van der Waals surface area (Å²) in [5.74, 6) is -1.22. The van der Waals surface area contributed by atoms with Crippen LogP contribution in [0.2, 0.25) is 0 Å². The van der Waals surface area contributed by atoms with E-state index in [1.807, 2.05) is 0 Å². The number of hydrogen-bond donors (Lipinski definition) is 3. The van der Waals surface area contributed by atoms with Crippen LogP contribution >= 0.6 is 0 Å². The molecule has 1 aromatic heterocycles. The van der Waals surface area contributed by atoms with Crippen LogP contribution < -0.4 is 10.6 Å². The molecule has 0 aliphatic heterocycles. The van der Waals surface area contributed by atoms with Gasteiger partial charge in [0.25, 0.3) is 5.91 Å². The lowest BCUT2D eigenvalue weighted by Crippen LogP contribution is -2.30. The zero-order valence-electron chi connectivity index (χ0n) is 12.8. The van der Waals surface area contributed by atoms with Crippen molar-refractivity contribution in [2.45, 2.75) is 20.0 Å². The molecule has 0 unspecified atom stereocenters. The Kier molecular flexibility index (Phi) is 5.14. The number of anilines is 2. The number of hydrogen-bond acceptors (Lipinski definition) is 4. The third-order valence-corrected chi connectivity index (χ3v) is 2.94. The van der Waals surface area contributed by atoms with Crippen LogP contribution in [-0.4, -0.2) is 28.9 Å². The molecule has 1 atom stereocenters. The van der Waals surface area contributed by atoms with E-state index in [0.717, 1.165) is 0 Å². The fourth-order valence-corrected chi connectivity index (χ4v) is 1.82. The fourth-order valence-electron chi connectivity index (χ4n) is 1.82. The summed E-state index contributed by atoms with van der Waals surface area (Å²) >= 11 is 0. The Morgan fingerprint density at radius 3 is 2.17 bits per heavy atom. The highest BCUT2D eigenvalue weighted by atomic mass is 16.5. The van der Waals surface area contributed by atoms with Crippen molar-refractivity contribution < 1.29 is 19.1 Å². The third-order valence-electron chi connectivity index (χ3n) is 2.94. The second-order valence-electron chi connectivity index (χ2n) is 4.88. The van der Waals surface area contributed by atoms with Gasteiger partial charge in [0.15, 0.2) is 6.10 Å². The fraction of sp³-hybridized carbons (Fsp3) is 0.188. The molecule has 2 rings (SSSR count). The largest absolute Gasteiger partial charge is 0.448 e. The molecule has 2 aromatic rings. The van der Waals surface area contributed by atoms with Crippen molar-refractivity contribution in [1.82, 2.24) is 4.98 Å². The first-order valence-electron chi connectivity index (χ1n) is 6.98. The highest BCUT2D eigenvalue weighted by Gasteiger charge is 2.19. The van der Waals surface area contributed by atoms with E-state index in [-0.39, 0.29) is 11.6 Å². The summed E-state index contributed by atoms with van der Waals surface area (Å²) in [7, 11) is 0. The van der Waals surface area contributed by atoms with Crippen molar-refractivity contribution in [3.05, 3.63) is 48.3 Å². The van der Waals surface area contributed by atoms with Gasteiger partial charge in [-0.1, -0.05) is 0 Å². The number of esters is 1. The summed E-state index contributed by atoms with van der Waals surface area (Å²) in [6, 6.07) is 9.83. The van der Waals surface area contributed by atoms with E-state index >= 15 is 0 Å². The van der Waals surface area contributed by atoms with Gasteiger partial charge in [-0.25, -0.2) is 4.79 Å². The minimum atomic E-state index is -0.944. The van der Waals surface area contributed by atoms with Crippen molar-refractivity contribution >= 4 is 29.2 Å². The van der Waals surface area contributed by atoms with Crippen LogP contribution in [0.1, 0.15) is 24.3 Å². The molecule has 120 valence electrons. The number of benzene rings is 1. The molecule has 0 bridgehead atoms. The molecule has 0 saturated carbocycles.